The smallest absolute Gasteiger partial charge is 0.275 e. The van der Waals surface area contributed by atoms with Crippen molar-refractivity contribution in [2.75, 3.05) is 0 Å². The van der Waals surface area contributed by atoms with Crippen LogP contribution in [0.5, 0.6) is 11.5 Å². The molecule has 5 nitrogen and oxygen atoms in total. The molecule has 0 aliphatic rings. The highest BCUT2D eigenvalue weighted by molar-refractivity contribution is 7.17. The van der Waals surface area contributed by atoms with Gasteiger partial charge in [0.1, 0.15) is 23.0 Å². The minimum atomic E-state index is -1.08. The fourth-order valence-electron chi connectivity index (χ4n) is 3.61. The maximum atomic E-state index is 13.8. The van der Waals surface area contributed by atoms with Gasteiger partial charge in [-0.3, -0.25) is 4.79 Å². The summed E-state index contributed by atoms with van der Waals surface area (Å²) in [5.74, 6) is 0.748. The van der Waals surface area contributed by atoms with Crippen molar-refractivity contribution in [2.24, 2.45) is 7.05 Å². The molecular formula is C24H23FN2O3S. The van der Waals surface area contributed by atoms with E-state index in [-0.39, 0.29) is 11.4 Å². The first-order valence-corrected chi connectivity index (χ1v) is 10.7. The number of nitrogens with zero attached hydrogens (tertiary/aromatic N) is 2. The number of benzene rings is 2. The highest BCUT2D eigenvalue weighted by atomic mass is 32.1. The molecule has 31 heavy (non-hydrogen) atoms. The molecule has 0 spiro atoms. The minimum absolute atomic E-state index is 0.175. The largest absolute Gasteiger partial charge is 0.456 e. The Bertz CT molecular complexity index is 1340. The summed E-state index contributed by atoms with van der Waals surface area (Å²) >= 11 is 1.42. The van der Waals surface area contributed by atoms with Gasteiger partial charge in [-0.25, -0.2) is 9.07 Å². The van der Waals surface area contributed by atoms with Crippen LogP contribution in [0.15, 0.2) is 46.6 Å². The van der Waals surface area contributed by atoms with Crippen molar-refractivity contribution in [3.63, 3.8) is 0 Å². The van der Waals surface area contributed by atoms with Crippen LogP contribution in [0.4, 0.5) is 4.39 Å². The van der Waals surface area contributed by atoms with E-state index in [0.29, 0.717) is 44.8 Å². The normalized spacial score (nSPS) is 11.8. The summed E-state index contributed by atoms with van der Waals surface area (Å²) in [5.41, 5.74) is 2.00. The van der Waals surface area contributed by atoms with E-state index < -0.39 is 5.60 Å². The van der Waals surface area contributed by atoms with Gasteiger partial charge in [-0.15, -0.1) is 11.3 Å². The number of hydrogen-bond acceptors (Lipinski definition) is 5. The van der Waals surface area contributed by atoms with Gasteiger partial charge in [0.15, 0.2) is 0 Å². The Hall–Kier alpha value is -3.03. The highest BCUT2D eigenvalue weighted by Gasteiger charge is 2.22. The number of hydrogen-bond donors (Lipinski definition) is 1. The van der Waals surface area contributed by atoms with Crippen LogP contribution < -0.4 is 10.3 Å². The summed E-state index contributed by atoms with van der Waals surface area (Å²) in [7, 11) is 1.61. The number of aromatic nitrogens is 2. The van der Waals surface area contributed by atoms with Crippen LogP contribution in [0.2, 0.25) is 0 Å². The lowest BCUT2D eigenvalue weighted by molar-refractivity contribution is 0.0786. The van der Waals surface area contributed by atoms with E-state index in [2.05, 4.69) is 5.10 Å². The van der Waals surface area contributed by atoms with Crippen molar-refractivity contribution < 1.29 is 14.2 Å². The third kappa shape index (κ3) is 3.86. The molecule has 0 fully saturated rings. The summed E-state index contributed by atoms with van der Waals surface area (Å²) in [6, 6.07) is 10.0. The second-order valence-corrected chi connectivity index (χ2v) is 9.10. The van der Waals surface area contributed by atoms with E-state index >= 15 is 0 Å². The lowest BCUT2D eigenvalue weighted by Gasteiger charge is -2.21. The molecule has 0 radical (unpaired) electrons. The molecule has 0 aliphatic heterocycles. The van der Waals surface area contributed by atoms with Gasteiger partial charge < -0.3 is 9.84 Å². The van der Waals surface area contributed by atoms with Crippen molar-refractivity contribution in [3.8, 4) is 22.8 Å². The van der Waals surface area contributed by atoms with E-state index in [4.69, 9.17) is 4.74 Å². The van der Waals surface area contributed by atoms with Gasteiger partial charge in [0, 0.05) is 12.6 Å². The van der Waals surface area contributed by atoms with Gasteiger partial charge in [0.25, 0.3) is 5.56 Å². The van der Waals surface area contributed by atoms with Gasteiger partial charge in [-0.1, -0.05) is 6.07 Å². The standard InChI is InChI=1S/C24H23FN2O3S/c1-13-10-16(25)11-14(2)21(13)30-19-7-6-15(24(3,4)29)12-18(19)20-22-17(8-9-31-22)23(28)27(5)26-20/h6-12,29H,1-5H3. The Balaban J connectivity index is 1.98. The molecule has 0 bridgehead atoms. The van der Waals surface area contributed by atoms with Gasteiger partial charge in [0.2, 0.25) is 0 Å². The molecule has 0 amide bonds. The summed E-state index contributed by atoms with van der Waals surface area (Å²) in [6.07, 6.45) is 0. The molecule has 4 aromatic rings. The van der Waals surface area contributed by atoms with Gasteiger partial charge >= 0.3 is 0 Å². The summed E-state index contributed by atoms with van der Waals surface area (Å²) in [5, 5.41) is 17.5. The van der Waals surface area contributed by atoms with Crippen LogP contribution in [-0.4, -0.2) is 14.9 Å². The van der Waals surface area contributed by atoms with E-state index in [9.17, 15) is 14.3 Å². The van der Waals surface area contributed by atoms with Crippen molar-refractivity contribution in [1.82, 2.24) is 9.78 Å². The molecule has 2 aromatic heterocycles. The number of ether oxygens (including phenoxy) is 1. The number of fused-ring (bicyclic) bond motifs is 1. The van der Waals surface area contributed by atoms with Crippen LogP contribution in [0, 0.1) is 19.7 Å². The maximum absolute atomic E-state index is 13.8. The van der Waals surface area contributed by atoms with E-state index in [1.165, 1.54) is 28.2 Å². The molecule has 2 heterocycles. The number of aliphatic hydroxyl groups is 1. The Labute approximate surface area is 183 Å². The van der Waals surface area contributed by atoms with E-state index in [0.717, 1.165) is 4.70 Å². The first kappa shape index (κ1) is 21.2. The van der Waals surface area contributed by atoms with Crippen LogP contribution in [0.25, 0.3) is 21.3 Å². The predicted molar refractivity (Wildman–Crippen MR) is 121 cm³/mol. The zero-order chi connectivity index (χ0) is 22.5. The zero-order valence-corrected chi connectivity index (χ0v) is 18.8. The average Bonchev–Trinajstić information content (AvgIpc) is 3.17. The summed E-state index contributed by atoms with van der Waals surface area (Å²) in [6.45, 7) is 6.99. The van der Waals surface area contributed by atoms with E-state index in [1.807, 2.05) is 11.4 Å². The van der Waals surface area contributed by atoms with Gasteiger partial charge in [-0.05, 0) is 80.1 Å². The van der Waals surface area contributed by atoms with Crippen LogP contribution in [0.1, 0.15) is 30.5 Å². The molecular weight excluding hydrogens is 415 g/mol. The molecule has 0 atom stereocenters. The van der Waals surface area contributed by atoms with Crippen LogP contribution >= 0.6 is 11.3 Å². The van der Waals surface area contributed by atoms with Crippen molar-refractivity contribution in [1.29, 1.82) is 0 Å². The van der Waals surface area contributed by atoms with Crippen LogP contribution in [0.3, 0.4) is 0 Å². The summed E-state index contributed by atoms with van der Waals surface area (Å²) in [4.78, 5) is 12.5. The molecule has 1 N–H and O–H groups in total. The fourth-order valence-corrected chi connectivity index (χ4v) is 4.49. The minimum Gasteiger partial charge on any atom is -0.456 e. The Kier molecular flexibility index (Phi) is 5.19. The molecule has 4 rings (SSSR count). The number of halogens is 1. The van der Waals surface area contributed by atoms with Crippen LogP contribution in [-0.2, 0) is 12.6 Å². The lowest BCUT2D eigenvalue weighted by Crippen LogP contribution is -2.20. The quantitative estimate of drug-likeness (QED) is 0.461. The lowest BCUT2D eigenvalue weighted by atomic mass is 9.95. The molecule has 0 unspecified atom stereocenters. The second-order valence-electron chi connectivity index (χ2n) is 8.18. The summed E-state index contributed by atoms with van der Waals surface area (Å²) < 4.78 is 22.1. The van der Waals surface area contributed by atoms with Gasteiger partial charge in [0.05, 0.1) is 15.7 Å². The first-order valence-electron chi connectivity index (χ1n) is 9.82. The van der Waals surface area contributed by atoms with Crippen molar-refractivity contribution in [2.45, 2.75) is 33.3 Å². The fraction of sp³-hybridized carbons (Fsp3) is 0.250. The zero-order valence-electron chi connectivity index (χ0n) is 18.0. The Morgan fingerprint density at radius 3 is 2.45 bits per heavy atom. The monoisotopic (exact) mass is 438 g/mol. The first-order chi connectivity index (χ1) is 14.6. The number of thiophene rings is 1. The predicted octanol–water partition coefficient (Wildman–Crippen LogP) is 5.44. The molecule has 0 saturated carbocycles. The number of aryl methyl sites for hydroxylation is 3. The second kappa shape index (κ2) is 7.59. The third-order valence-electron chi connectivity index (χ3n) is 5.23. The van der Waals surface area contributed by atoms with Gasteiger partial charge in [-0.2, -0.15) is 5.10 Å². The van der Waals surface area contributed by atoms with Crippen molar-refractivity contribution >= 4 is 21.4 Å². The molecule has 160 valence electrons. The third-order valence-corrected chi connectivity index (χ3v) is 6.15. The highest BCUT2D eigenvalue weighted by Crippen LogP contribution is 2.40. The number of rotatable bonds is 4. The Morgan fingerprint density at radius 1 is 1.13 bits per heavy atom. The van der Waals surface area contributed by atoms with E-state index in [1.54, 1.807) is 52.9 Å². The SMILES string of the molecule is Cc1cc(F)cc(C)c1Oc1ccc(C(C)(C)O)cc1-c1nn(C)c(=O)c2ccsc12. The molecule has 2 aromatic carbocycles. The average molecular weight is 439 g/mol. The molecule has 0 aliphatic carbocycles. The maximum Gasteiger partial charge on any atom is 0.275 e. The topological polar surface area (TPSA) is 64.3 Å². The van der Waals surface area contributed by atoms with Crippen molar-refractivity contribution in [3.05, 3.63) is 74.6 Å². The molecule has 7 heteroatoms. The molecule has 0 saturated heterocycles. The Morgan fingerprint density at radius 2 is 1.81 bits per heavy atom.